The van der Waals surface area contributed by atoms with E-state index in [-0.39, 0.29) is 12.3 Å². The summed E-state index contributed by atoms with van der Waals surface area (Å²) in [4.78, 5) is 37.4. The van der Waals surface area contributed by atoms with Gasteiger partial charge in [0.1, 0.15) is 0 Å². The number of carbonyl (C=O) groups excluding carboxylic acids is 3. The molecule has 2 atom stereocenters. The van der Waals surface area contributed by atoms with Crippen LogP contribution in [-0.4, -0.2) is 29.1 Å². The molecule has 0 spiro atoms. The third kappa shape index (κ3) is 5.02. The number of amides is 2. The molecule has 0 aromatic heterocycles. The summed E-state index contributed by atoms with van der Waals surface area (Å²) in [6.45, 7) is 1.47. The minimum atomic E-state index is -1.000. The molecule has 6 nitrogen and oxygen atoms in total. The summed E-state index contributed by atoms with van der Waals surface area (Å²) < 4.78 is 5.18. The van der Waals surface area contributed by atoms with Gasteiger partial charge in [-0.1, -0.05) is 29.8 Å². The van der Waals surface area contributed by atoms with Crippen molar-refractivity contribution in [2.75, 3.05) is 10.6 Å². The molecule has 1 heterocycles. The van der Waals surface area contributed by atoms with E-state index < -0.39 is 23.2 Å². The first kappa shape index (κ1) is 19.3. The van der Waals surface area contributed by atoms with Gasteiger partial charge >= 0.3 is 5.97 Å². The lowest BCUT2D eigenvalue weighted by Crippen LogP contribution is -2.34. The molecular weight excluding hydrogens is 388 g/mol. The third-order valence-corrected chi connectivity index (χ3v) is 5.34. The van der Waals surface area contributed by atoms with E-state index in [0.29, 0.717) is 10.7 Å². The number of hydrogen-bond donors (Lipinski definition) is 2. The second-order valence-corrected chi connectivity index (χ2v) is 7.61. The molecule has 1 aliphatic rings. The zero-order valence-corrected chi connectivity index (χ0v) is 16.0. The Morgan fingerprint density at radius 2 is 2.04 bits per heavy atom. The monoisotopic (exact) mass is 404 g/mol. The molecule has 2 aromatic carbocycles. The van der Waals surface area contributed by atoms with Gasteiger partial charge in [-0.25, -0.2) is 0 Å². The molecule has 0 fully saturated rings. The van der Waals surface area contributed by atoms with Crippen LogP contribution < -0.4 is 10.6 Å². The average Bonchev–Trinajstić information content (AvgIpc) is 2.62. The quantitative estimate of drug-likeness (QED) is 0.742. The summed E-state index contributed by atoms with van der Waals surface area (Å²) in [7, 11) is 0. The van der Waals surface area contributed by atoms with Gasteiger partial charge in [-0.05, 0) is 37.3 Å². The number of thioether (sulfide) groups is 1. The first-order valence-corrected chi connectivity index (χ1v) is 9.50. The van der Waals surface area contributed by atoms with Crippen molar-refractivity contribution in [3.63, 3.8) is 0 Å². The highest BCUT2D eigenvalue weighted by Crippen LogP contribution is 2.36. The van der Waals surface area contributed by atoms with E-state index in [2.05, 4.69) is 10.6 Å². The molecule has 27 heavy (non-hydrogen) atoms. The topological polar surface area (TPSA) is 84.5 Å². The number of fused-ring (bicyclic) bond motifs is 1. The first-order chi connectivity index (χ1) is 12.9. The molecule has 8 heteroatoms. The molecule has 0 aliphatic carbocycles. The van der Waals surface area contributed by atoms with E-state index in [1.165, 1.54) is 18.7 Å². The number of halogens is 1. The molecule has 2 amide bonds. The Morgan fingerprint density at radius 1 is 1.26 bits per heavy atom. The number of para-hydroxylation sites is 1. The van der Waals surface area contributed by atoms with Crippen molar-refractivity contribution in [1.82, 2.24) is 0 Å². The molecule has 0 unspecified atom stereocenters. The molecule has 0 saturated carbocycles. The van der Waals surface area contributed by atoms with E-state index in [4.69, 9.17) is 16.3 Å². The second kappa shape index (κ2) is 8.45. The molecule has 2 aromatic rings. The molecule has 0 saturated heterocycles. The average molecular weight is 405 g/mol. The predicted octanol–water partition coefficient (Wildman–Crippen LogP) is 3.71. The lowest BCUT2D eigenvalue weighted by molar-refractivity contribution is -0.153. The van der Waals surface area contributed by atoms with Crippen LogP contribution >= 0.6 is 23.4 Å². The lowest BCUT2D eigenvalue weighted by Gasteiger charge is -2.23. The highest BCUT2D eigenvalue weighted by Gasteiger charge is 2.30. The van der Waals surface area contributed by atoms with Gasteiger partial charge in [0.2, 0.25) is 5.91 Å². The predicted molar refractivity (Wildman–Crippen MR) is 105 cm³/mol. The number of anilines is 2. The maximum absolute atomic E-state index is 12.2. The molecule has 0 bridgehead atoms. The van der Waals surface area contributed by atoms with Crippen molar-refractivity contribution in [2.45, 2.75) is 29.6 Å². The van der Waals surface area contributed by atoms with Gasteiger partial charge in [0, 0.05) is 15.6 Å². The Morgan fingerprint density at radius 3 is 2.81 bits per heavy atom. The number of nitrogens with one attached hydrogen (secondary N) is 2. The van der Waals surface area contributed by atoms with Crippen molar-refractivity contribution in [3.05, 3.63) is 53.6 Å². The van der Waals surface area contributed by atoms with E-state index in [0.717, 1.165) is 10.6 Å². The minimum absolute atomic E-state index is 0.125. The largest absolute Gasteiger partial charge is 0.452 e. The van der Waals surface area contributed by atoms with Crippen molar-refractivity contribution >= 4 is 52.5 Å². The Hall–Kier alpha value is -2.51. The van der Waals surface area contributed by atoms with Gasteiger partial charge in [-0.2, -0.15) is 0 Å². The minimum Gasteiger partial charge on any atom is -0.452 e. The summed E-state index contributed by atoms with van der Waals surface area (Å²) in [5.74, 6) is -1.35. The number of carbonyl (C=O) groups is 3. The van der Waals surface area contributed by atoms with Gasteiger partial charge in [0.05, 0.1) is 17.4 Å². The third-order valence-electron chi connectivity index (χ3n) is 3.83. The van der Waals surface area contributed by atoms with Gasteiger partial charge in [-0.15, -0.1) is 11.8 Å². The second-order valence-electron chi connectivity index (χ2n) is 5.93. The number of hydrogen-bond acceptors (Lipinski definition) is 5. The van der Waals surface area contributed by atoms with Crippen LogP contribution in [0.25, 0.3) is 0 Å². The van der Waals surface area contributed by atoms with Crippen LogP contribution in [0.3, 0.4) is 0 Å². The fourth-order valence-corrected chi connectivity index (χ4v) is 3.77. The summed E-state index contributed by atoms with van der Waals surface area (Å²) in [5, 5.41) is 5.28. The Kier molecular flexibility index (Phi) is 6.03. The van der Waals surface area contributed by atoms with Gasteiger partial charge in [-0.3, -0.25) is 14.4 Å². The van der Waals surface area contributed by atoms with Crippen molar-refractivity contribution in [2.24, 2.45) is 0 Å². The first-order valence-electron chi connectivity index (χ1n) is 8.25. The molecule has 0 radical (unpaired) electrons. The van der Waals surface area contributed by atoms with Gasteiger partial charge < -0.3 is 15.4 Å². The van der Waals surface area contributed by atoms with E-state index in [9.17, 15) is 14.4 Å². The number of benzene rings is 2. The number of rotatable bonds is 5. The van der Waals surface area contributed by atoms with Gasteiger partial charge in [0.25, 0.3) is 5.91 Å². The summed E-state index contributed by atoms with van der Waals surface area (Å²) in [6, 6.07) is 14.0. The van der Waals surface area contributed by atoms with Crippen LogP contribution in [0, 0.1) is 0 Å². The van der Waals surface area contributed by atoms with E-state index in [1.54, 1.807) is 30.3 Å². The number of ether oxygens (including phenoxy) is 1. The fraction of sp³-hybridized carbons (Fsp3) is 0.211. The van der Waals surface area contributed by atoms with Crippen LogP contribution in [0.4, 0.5) is 11.4 Å². The van der Waals surface area contributed by atoms with E-state index >= 15 is 0 Å². The molecular formula is C19H17ClN2O4S. The lowest BCUT2D eigenvalue weighted by atomic mass is 10.2. The molecule has 3 rings (SSSR count). The Balaban J connectivity index is 1.54. The molecule has 1 aliphatic heterocycles. The van der Waals surface area contributed by atoms with Crippen molar-refractivity contribution in [1.29, 1.82) is 0 Å². The van der Waals surface area contributed by atoms with Crippen molar-refractivity contribution in [3.8, 4) is 0 Å². The Bertz CT molecular complexity index is 890. The summed E-state index contributed by atoms with van der Waals surface area (Å²) in [5.41, 5.74) is 1.24. The summed E-state index contributed by atoms with van der Waals surface area (Å²) in [6.07, 6.45) is -1.12. The maximum Gasteiger partial charge on any atom is 0.308 e. The van der Waals surface area contributed by atoms with Crippen LogP contribution in [0.1, 0.15) is 13.3 Å². The highest BCUT2D eigenvalue weighted by atomic mass is 35.5. The highest BCUT2D eigenvalue weighted by molar-refractivity contribution is 8.01. The zero-order chi connectivity index (χ0) is 19.4. The van der Waals surface area contributed by atoms with Crippen LogP contribution in [0.2, 0.25) is 5.02 Å². The Labute approximate surface area is 165 Å². The molecule has 2 N–H and O–H groups in total. The van der Waals surface area contributed by atoms with Gasteiger partial charge in [0.15, 0.2) is 6.10 Å². The van der Waals surface area contributed by atoms with E-state index in [1.807, 2.05) is 18.2 Å². The van der Waals surface area contributed by atoms with Crippen LogP contribution in [-0.2, 0) is 19.1 Å². The number of esters is 1. The fourth-order valence-electron chi connectivity index (χ4n) is 2.49. The molecule has 140 valence electrons. The van der Waals surface area contributed by atoms with Crippen molar-refractivity contribution < 1.29 is 19.1 Å². The normalized spacial score (nSPS) is 16.7. The maximum atomic E-state index is 12.2. The standard InChI is InChI=1S/C19H17ClN2O4S/c1-11(18(24)21-13-6-4-5-12(20)9-13)26-17(23)10-16-19(25)22-14-7-2-3-8-15(14)27-16/h2-9,11,16H,10H2,1H3,(H,21,24)(H,22,25)/t11-,16+/m1/s1. The zero-order valence-electron chi connectivity index (χ0n) is 14.4. The SMILES string of the molecule is C[C@@H](OC(=O)C[C@@H]1Sc2ccccc2NC1=O)C(=O)Nc1cccc(Cl)c1. The smallest absolute Gasteiger partial charge is 0.308 e. The van der Waals surface area contributed by atoms with Crippen LogP contribution in [0.5, 0.6) is 0 Å². The van der Waals surface area contributed by atoms with Crippen LogP contribution in [0.15, 0.2) is 53.4 Å². The summed E-state index contributed by atoms with van der Waals surface area (Å²) >= 11 is 7.18.